The van der Waals surface area contributed by atoms with Gasteiger partial charge in [0.1, 0.15) is 12.1 Å². The Morgan fingerprint density at radius 3 is 2.78 bits per heavy atom. The molecule has 0 atom stereocenters. The fourth-order valence-electron chi connectivity index (χ4n) is 2.18. The van der Waals surface area contributed by atoms with E-state index in [4.69, 9.17) is 4.74 Å². The van der Waals surface area contributed by atoms with Crippen LogP contribution in [0.25, 0.3) is 10.9 Å². The van der Waals surface area contributed by atoms with Crippen LogP contribution in [0, 0.1) is 0 Å². The van der Waals surface area contributed by atoms with Crippen LogP contribution >= 0.6 is 0 Å². The van der Waals surface area contributed by atoms with Crippen molar-refractivity contribution < 1.29 is 21.9 Å². The molecule has 118 valence electrons. The molecule has 0 aliphatic carbocycles. The fraction of sp³-hybridized carbons (Fsp3) is 0.118. The highest BCUT2D eigenvalue weighted by Gasteiger charge is 2.08. The van der Waals surface area contributed by atoms with Gasteiger partial charge in [-0.1, -0.05) is 18.2 Å². The number of rotatable bonds is 4. The van der Waals surface area contributed by atoms with Crippen molar-refractivity contribution in [2.24, 2.45) is 0 Å². The minimum absolute atomic E-state index is 0. The molecule has 0 saturated carbocycles. The molecule has 0 bridgehead atoms. The lowest BCUT2D eigenvalue weighted by Crippen LogP contribution is -3.00. The third kappa shape index (κ3) is 3.76. The molecular weight excluding hydrogens is 314 g/mol. The Morgan fingerprint density at radius 2 is 1.96 bits per heavy atom. The molecule has 0 spiro atoms. The minimum Gasteiger partial charge on any atom is -1.00 e. The van der Waals surface area contributed by atoms with Crippen LogP contribution in [0.15, 0.2) is 54.9 Å². The van der Waals surface area contributed by atoms with Gasteiger partial charge in [-0.3, -0.25) is 0 Å². The minimum atomic E-state index is -0.335. The van der Waals surface area contributed by atoms with Crippen LogP contribution in [-0.4, -0.2) is 22.5 Å². The van der Waals surface area contributed by atoms with Crippen molar-refractivity contribution in [1.82, 2.24) is 9.97 Å². The first-order valence-electron chi connectivity index (χ1n) is 7.02. The van der Waals surface area contributed by atoms with Crippen molar-refractivity contribution in [3.8, 4) is 0 Å². The van der Waals surface area contributed by atoms with Gasteiger partial charge in [0.2, 0.25) is 0 Å². The molecule has 5 nitrogen and oxygen atoms in total. The number of anilines is 2. The van der Waals surface area contributed by atoms with E-state index in [2.05, 4.69) is 15.3 Å². The van der Waals surface area contributed by atoms with Gasteiger partial charge in [0, 0.05) is 11.1 Å². The molecule has 0 fully saturated rings. The quantitative estimate of drug-likeness (QED) is 0.709. The zero-order chi connectivity index (χ0) is 15.4. The molecule has 1 aromatic heterocycles. The Hall–Kier alpha value is -2.66. The Bertz CT molecular complexity index is 818. The van der Waals surface area contributed by atoms with Crippen LogP contribution in [0.3, 0.4) is 0 Å². The van der Waals surface area contributed by atoms with E-state index in [0.29, 0.717) is 18.0 Å². The Balaban J connectivity index is 0.00000192. The summed E-state index contributed by atoms with van der Waals surface area (Å²) in [6, 6.07) is 14.9. The van der Waals surface area contributed by atoms with Crippen molar-refractivity contribution >= 4 is 28.4 Å². The third-order valence-electron chi connectivity index (χ3n) is 3.18. The number of aromatic nitrogens is 2. The Kier molecular flexibility index (Phi) is 5.49. The second-order valence-electron chi connectivity index (χ2n) is 4.67. The van der Waals surface area contributed by atoms with Gasteiger partial charge >= 0.3 is 5.97 Å². The molecule has 0 aliphatic rings. The van der Waals surface area contributed by atoms with Gasteiger partial charge < -0.3 is 22.5 Å². The highest BCUT2D eigenvalue weighted by Crippen LogP contribution is 2.23. The van der Waals surface area contributed by atoms with Gasteiger partial charge in [-0.2, -0.15) is 0 Å². The van der Waals surface area contributed by atoms with Gasteiger partial charge in [0.05, 0.1) is 17.7 Å². The van der Waals surface area contributed by atoms with E-state index in [1.54, 1.807) is 25.1 Å². The molecule has 0 amide bonds. The first-order chi connectivity index (χ1) is 10.8. The molecule has 23 heavy (non-hydrogen) atoms. The number of carbonyl (C=O) groups excluding carboxylic acids is 1. The van der Waals surface area contributed by atoms with Crippen LogP contribution < -0.4 is 17.7 Å². The van der Waals surface area contributed by atoms with Gasteiger partial charge in [0.25, 0.3) is 0 Å². The van der Waals surface area contributed by atoms with E-state index < -0.39 is 0 Å². The molecule has 1 N–H and O–H groups in total. The number of hydrogen-bond acceptors (Lipinski definition) is 5. The van der Waals surface area contributed by atoms with Crippen molar-refractivity contribution in [1.29, 1.82) is 0 Å². The molecule has 6 heteroatoms. The number of nitrogens with one attached hydrogen (secondary N) is 1. The van der Waals surface area contributed by atoms with Gasteiger partial charge in [-0.25, -0.2) is 14.8 Å². The maximum Gasteiger partial charge on any atom is 0.338 e. The van der Waals surface area contributed by atoms with E-state index in [1.165, 1.54) is 6.33 Å². The summed E-state index contributed by atoms with van der Waals surface area (Å²) in [5.74, 6) is 0.366. The lowest BCUT2D eigenvalue weighted by Gasteiger charge is -2.09. The summed E-state index contributed by atoms with van der Waals surface area (Å²) in [4.78, 5) is 20.3. The zero-order valence-corrected chi connectivity index (χ0v) is 13.2. The van der Waals surface area contributed by atoms with Crippen LogP contribution in [0.4, 0.5) is 11.5 Å². The predicted octanol–water partition coefficient (Wildman–Crippen LogP) is 0.554. The summed E-state index contributed by atoms with van der Waals surface area (Å²) in [5.41, 5.74) is 2.14. The van der Waals surface area contributed by atoms with E-state index in [-0.39, 0.29) is 18.4 Å². The summed E-state index contributed by atoms with van der Waals surface area (Å²) < 4.78 is 5.01. The molecule has 1 heterocycles. The SMILES string of the molecule is CCOC(=O)c1cccc(Nc2ncnc3ccccc23)c1.[Cl-]. The molecule has 3 aromatic rings. The van der Waals surface area contributed by atoms with E-state index in [1.807, 2.05) is 30.3 Å². The molecule has 2 aromatic carbocycles. The number of benzene rings is 2. The average Bonchev–Trinajstić information content (AvgIpc) is 2.56. The number of fused-ring (bicyclic) bond motifs is 1. The van der Waals surface area contributed by atoms with Crippen LogP contribution in [-0.2, 0) is 4.74 Å². The molecule has 0 aliphatic heterocycles. The standard InChI is InChI=1S/C17H15N3O2.ClH/c1-2-22-17(21)12-6-5-7-13(10-12)20-16-14-8-3-4-9-15(14)18-11-19-16;/h3-11H,2H2,1H3,(H,18,19,20);1H/p-1. The number of para-hydroxylation sites is 1. The van der Waals surface area contributed by atoms with Crippen LogP contribution in [0.2, 0.25) is 0 Å². The van der Waals surface area contributed by atoms with E-state index >= 15 is 0 Å². The van der Waals surface area contributed by atoms with Gasteiger partial charge in [0.15, 0.2) is 0 Å². The number of ether oxygens (including phenoxy) is 1. The predicted molar refractivity (Wildman–Crippen MR) is 85.2 cm³/mol. The van der Waals surface area contributed by atoms with Crippen molar-refractivity contribution in [3.63, 3.8) is 0 Å². The van der Waals surface area contributed by atoms with Crippen LogP contribution in [0.5, 0.6) is 0 Å². The highest BCUT2D eigenvalue weighted by atomic mass is 35.5. The number of halogens is 1. The van der Waals surface area contributed by atoms with Crippen LogP contribution in [0.1, 0.15) is 17.3 Å². The molecule has 3 rings (SSSR count). The Labute approximate surface area is 140 Å². The second-order valence-corrected chi connectivity index (χ2v) is 4.67. The summed E-state index contributed by atoms with van der Waals surface area (Å²) in [6.45, 7) is 2.14. The smallest absolute Gasteiger partial charge is 0.338 e. The average molecular weight is 329 g/mol. The van der Waals surface area contributed by atoms with Crippen molar-refractivity contribution in [2.75, 3.05) is 11.9 Å². The zero-order valence-electron chi connectivity index (χ0n) is 12.5. The second kappa shape index (κ2) is 7.56. The van der Waals surface area contributed by atoms with Crippen molar-refractivity contribution in [3.05, 3.63) is 60.4 Å². The van der Waals surface area contributed by atoms with Gasteiger partial charge in [-0.05, 0) is 37.3 Å². The van der Waals surface area contributed by atoms with E-state index in [0.717, 1.165) is 16.6 Å². The molecular formula is C17H15ClN3O2-. The third-order valence-corrected chi connectivity index (χ3v) is 3.18. The highest BCUT2D eigenvalue weighted by molar-refractivity contribution is 5.93. The number of nitrogens with zero attached hydrogens (tertiary/aromatic N) is 2. The van der Waals surface area contributed by atoms with E-state index in [9.17, 15) is 4.79 Å². The van der Waals surface area contributed by atoms with Gasteiger partial charge in [-0.15, -0.1) is 0 Å². The summed E-state index contributed by atoms with van der Waals surface area (Å²) in [6.07, 6.45) is 1.51. The fourth-order valence-corrected chi connectivity index (χ4v) is 2.18. The monoisotopic (exact) mass is 328 g/mol. The summed E-state index contributed by atoms with van der Waals surface area (Å²) in [5, 5.41) is 4.15. The maximum atomic E-state index is 11.8. The summed E-state index contributed by atoms with van der Waals surface area (Å²) in [7, 11) is 0. The molecule has 0 saturated heterocycles. The molecule has 0 radical (unpaired) electrons. The Morgan fingerprint density at radius 1 is 1.13 bits per heavy atom. The number of hydrogen-bond donors (Lipinski definition) is 1. The first-order valence-corrected chi connectivity index (χ1v) is 7.02. The number of carbonyl (C=O) groups is 1. The molecule has 0 unspecified atom stereocenters. The van der Waals surface area contributed by atoms with Crippen molar-refractivity contribution in [2.45, 2.75) is 6.92 Å². The first kappa shape index (κ1) is 16.7. The largest absolute Gasteiger partial charge is 1.00 e. The maximum absolute atomic E-state index is 11.8. The summed E-state index contributed by atoms with van der Waals surface area (Å²) >= 11 is 0. The lowest BCUT2D eigenvalue weighted by molar-refractivity contribution is -0.0000224. The lowest BCUT2D eigenvalue weighted by atomic mass is 10.2. The normalized spacial score (nSPS) is 9.96. The number of esters is 1. The topological polar surface area (TPSA) is 64.1 Å².